The lowest BCUT2D eigenvalue weighted by atomic mass is 9.85. The summed E-state index contributed by atoms with van der Waals surface area (Å²) in [6, 6.07) is 7.35. The van der Waals surface area contributed by atoms with Crippen molar-refractivity contribution in [3.05, 3.63) is 73.1 Å². The third kappa shape index (κ3) is 2.50. The highest BCUT2D eigenvalue weighted by molar-refractivity contribution is 5.45. The van der Waals surface area contributed by atoms with E-state index in [4.69, 9.17) is 4.74 Å². The first-order valence-corrected chi connectivity index (χ1v) is 7.21. The fourth-order valence-corrected chi connectivity index (χ4v) is 2.88. The summed E-state index contributed by atoms with van der Waals surface area (Å²) in [5.41, 5.74) is 2.84. The van der Waals surface area contributed by atoms with E-state index in [0.29, 0.717) is 28.3 Å². The normalized spacial score (nSPS) is 11.1. The Morgan fingerprint density at radius 2 is 1.30 bits per heavy atom. The molecule has 0 spiro atoms. The van der Waals surface area contributed by atoms with E-state index >= 15 is 0 Å². The summed E-state index contributed by atoms with van der Waals surface area (Å²) in [5.74, 6) is 0.248. The van der Waals surface area contributed by atoms with Gasteiger partial charge in [0, 0.05) is 17.3 Å². The van der Waals surface area contributed by atoms with Crippen molar-refractivity contribution in [2.45, 2.75) is 19.8 Å². The van der Waals surface area contributed by atoms with Crippen LogP contribution in [0, 0.1) is 13.8 Å². The summed E-state index contributed by atoms with van der Waals surface area (Å²) in [6.45, 7) is 3.61. The van der Waals surface area contributed by atoms with Gasteiger partial charge in [-0.15, -0.1) is 0 Å². The molecule has 23 heavy (non-hydrogen) atoms. The molecule has 7 nitrogen and oxygen atoms in total. The largest absolute Gasteiger partial charge is 0.497 e. The maximum atomic E-state index is 12.3. The first kappa shape index (κ1) is 15.0. The van der Waals surface area contributed by atoms with Gasteiger partial charge in [0.2, 0.25) is 0 Å². The average Bonchev–Trinajstić information content (AvgIpc) is 3.05. The first-order valence-electron chi connectivity index (χ1n) is 7.21. The number of hydrogen-bond acceptors (Lipinski definition) is 3. The van der Waals surface area contributed by atoms with Gasteiger partial charge in [-0.05, 0) is 31.5 Å². The highest BCUT2D eigenvalue weighted by atomic mass is 16.5. The van der Waals surface area contributed by atoms with Crippen LogP contribution in [0.25, 0.3) is 0 Å². The van der Waals surface area contributed by atoms with E-state index in [1.54, 1.807) is 21.0 Å². The van der Waals surface area contributed by atoms with Crippen LogP contribution in [0.1, 0.15) is 34.0 Å². The van der Waals surface area contributed by atoms with Crippen LogP contribution in [0.3, 0.4) is 0 Å². The van der Waals surface area contributed by atoms with Gasteiger partial charge in [0.05, 0.1) is 18.2 Å². The lowest BCUT2D eigenvalue weighted by Crippen LogP contribution is -2.20. The Morgan fingerprint density at radius 1 is 0.826 bits per heavy atom. The molecule has 0 aliphatic heterocycles. The molecule has 0 aliphatic carbocycles. The molecule has 0 aliphatic rings. The molecular formula is C16H18N4O3. The lowest BCUT2D eigenvalue weighted by Gasteiger charge is -2.16. The van der Waals surface area contributed by atoms with Crippen molar-refractivity contribution in [1.29, 1.82) is 0 Å². The number of hydrogen-bond donors (Lipinski definition) is 4. The Balaban J connectivity index is 2.26. The van der Waals surface area contributed by atoms with Gasteiger partial charge < -0.3 is 14.9 Å². The minimum absolute atomic E-state index is 0.233. The van der Waals surface area contributed by atoms with Crippen molar-refractivity contribution < 1.29 is 4.74 Å². The molecule has 0 atom stereocenters. The molecule has 120 valence electrons. The van der Waals surface area contributed by atoms with Crippen molar-refractivity contribution in [2.75, 3.05) is 7.11 Å². The molecule has 4 N–H and O–H groups in total. The molecule has 0 bridgehead atoms. The van der Waals surface area contributed by atoms with Crippen LogP contribution < -0.4 is 15.9 Å². The molecule has 0 unspecified atom stereocenters. The van der Waals surface area contributed by atoms with E-state index in [0.717, 1.165) is 5.56 Å². The molecule has 3 rings (SSSR count). The third-order valence-electron chi connectivity index (χ3n) is 4.05. The van der Waals surface area contributed by atoms with Gasteiger partial charge in [-0.25, -0.2) is 0 Å². The number of aryl methyl sites for hydroxylation is 2. The zero-order chi connectivity index (χ0) is 16.6. The van der Waals surface area contributed by atoms with Crippen molar-refractivity contribution in [3.8, 4) is 5.75 Å². The van der Waals surface area contributed by atoms with Crippen LogP contribution in [0.5, 0.6) is 5.75 Å². The summed E-state index contributed by atoms with van der Waals surface area (Å²) in [6.07, 6.45) is 0. The molecule has 0 amide bonds. The standard InChI is InChI=1S/C16H18N4O3/c1-8-12(15(21)19-17-8)14(13-9(2)18-20-16(13)22)10-4-6-11(23-3)7-5-10/h4-7,14H,1-3H3,(H2,17,19,21)(H2,18,20,22). The van der Waals surface area contributed by atoms with Crippen LogP contribution >= 0.6 is 0 Å². The molecule has 0 radical (unpaired) electrons. The number of aromatic nitrogens is 4. The highest BCUT2D eigenvalue weighted by Crippen LogP contribution is 2.31. The van der Waals surface area contributed by atoms with Crippen LogP contribution in [0.4, 0.5) is 0 Å². The molecule has 3 aromatic rings. The van der Waals surface area contributed by atoms with Crippen molar-refractivity contribution in [3.63, 3.8) is 0 Å². The maximum absolute atomic E-state index is 12.3. The molecule has 2 aromatic heterocycles. The van der Waals surface area contributed by atoms with E-state index in [1.165, 1.54) is 0 Å². The van der Waals surface area contributed by atoms with Crippen molar-refractivity contribution in [1.82, 2.24) is 20.4 Å². The van der Waals surface area contributed by atoms with E-state index in [1.807, 2.05) is 24.3 Å². The summed E-state index contributed by atoms with van der Waals surface area (Å²) in [7, 11) is 1.59. The lowest BCUT2D eigenvalue weighted by molar-refractivity contribution is 0.414. The Morgan fingerprint density at radius 3 is 1.65 bits per heavy atom. The van der Waals surface area contributed by atoms with Gasteiger partial charge in [-0.3, -0.25) is 19.8 Å². The smallest absolute Gasteiger partial charge is 0.268 e. The number of methoxy groups -OCH3 is 1. The predicted molar refractivity (Wildman–Crippen MR) is 86.2 cm³/mol. The molecule has 7 heteroatoms. The SMILES string of the molecule is COc1ccc(C(c2c(C)[nH][nH]c2=O)c2c(C)[nH][nH]c2=O)cc1. The molecule has 1 aromatic carbocycles. The van der Waals surface area contributed by atoms with Gasteiger partial charge in [0.15, 0.2) is 0 Å². The zero-order valence-electron chi connectivity index (χ0n) is 13.1. The Hall–Kier alpha value is -2.96. The van der Waals surface area contributed by atoms with Crippen LogP contribution in [0.2, 0.25) is 0 Å². The summed E-state index contributed by atoms with van der Waals surface area (Å²) >= 11 is 0. The molecule has 2 heterocycles. The summed E-state index contributed by atoms with van der Waals surface area (Å²) in [4.78, 5) is 24.5. The quantitative estimate of drug-likeness (QED) is 0.586. The zero-order valence-corrected chi connectivity index (χ0v) is 13.1. The topological polar surface area (TPSA) is 107 Å². The molecule has 0 fully saturated rings. The van der Waals surface area contributed by atoms with E-state index in [2.05, 4.69) is 20.4 Å². The Kier molecular flexibility index (Phi) is 3.69. The Bertz CT molecular complexity index is 873. The van der Waals surface area contributed by atoms with Crippen molar-refractivity contribution in [2.24, 2.45) is 0 Å². The number of benzene rings is 1. The maximum Gasteiger partial charge on any atom is 0.268 e. The van der Waals surface area contributed by atoms with E-state index < -0.39 is 5.92 Å². The van der Waals surface area contributed by atoms with Crippen LogP contribution in [0.15, 0.2) is 33.9 Å². The average molecular weight is 314 g/mol. The van der Waals surface area contributed by atoms with Crippen LogP contribution in [-0.4, -0.2) is 27.5 Å². The number of H-pyrrole nitrogens is 4. The van der Waals surface area contributed by atoms with Gasteiger partial charge in [0.25, 0.3) is 11.1 Å². The first-order chi connectivity index (χ1) is 11.0. The van der Waals surface area contributed by atoms with Crippen molar-refractivity contribution >= 4 is 0 Å². The minimum Gasteiger partial charge on any atom is -0.497 e. The summed E-state index contributed by atoms with van der Waals surface area (Å²) in [5, 5.41) is 10.8. The second-order valence-electron chi connectivity index (χ2n) is 5.44. The minimum atomic E-state index is -0.467. The Labute approximate surface area is 131 Å². The predicted octanol–water partition coefficient (Wildman–Crippen LogP) is 1.53. The highest BCUT2D eigenvalue weighted by Gasteiger charge is 2.27. The van der Waals surface area contributed by atoms with Gasteiger partial charge in [-0.1, -0.05) is 12.1 Å². The monoisotopic (exact) mass is 314 g/mol. The number of ether oxygens (including phenoxy) is 1. The molecule has 0 saturated carbocycles. The summed E-state index contributed by atoms with van der Waals surface area (Å²) < 4.78 is 5.18. The number of nitrogens with one attached hydrogen (secondary N) is 4. The fourth-order valence-electron chi connectivity index (χ4n) is 2.88. The second kappa shape index (κ2) is 5.68. The number of rotatable bonds is 4. The fraction of sp³-hybridized carbons (Fsp3) is 0.250. The van der Waals surface area contributed by atoms with E-state index in [9.17, 15) is 9.59 Å². The third-order valence-corrected chi connectivity index (χ3v) is 4.05. The number of aromatic amines is 4. The van der Waals surface area contributed by atoms with Gasteiger partial charge in [0.1, 0.15) is 5.75 Å². The molecule has 0 saturated heterocycles. The van der Waals surface area contributed by atoms with E-state index in [-0.39, 0.29) is 11.1 Å². The second-order valence-corrected chi connectivity index (χ2v) is 5.44. The molecular weight excluding hydrogens is 296 g/mol. The van der Waals surface area contributed by atoms with Crippen LogP contribution in [-0.2, 0) is 0 Å². The van der Waals surface area contributed by atoms with Gasteiger partial charge in [-0.2, -0.15) is 0 Å². The van der Waals surface area contributed by atoms with Gasteiger partial charge >= 0.3 is 0 Å².